The molecule has 0 unspecified atom stereocenters. The van der Waals surface area contributed by atoms with Crippen molar-refractivity contribution >= 4 is 35.0 Å². The fourth-order valence-corrected chi connectivity index (χ4v) is 7.20. The van der Waals surface area contributed by atoms with Gasteiger partial charge in [-0.3, -0.25) is 19.3 Å². The minimum atomic E-state index is -1.94. The summed E-state index contributed by atoms with van der Waals surface area (Å²) in [6.07, 6.45) is 1.58. The number of likely N-dealkylation sites (tertiary alicyclic amines) is 2. The van der Waals surface area contributed by atoms with Crippen molar-refractivity contribution < 1.29 is 24.3 Å². The first-order valence-electron chi connectivity index (χ1n) is 13.8. The molecule has 0 bridgehead atoms. The predicted octanol–water partition coefficient (Wildman–Crippen LogP) is 5.31. The molecule has 1 aromatic heterocycles. The maximum atomic E-state index is 14.4. The van der Waals surface area contributed by atoms with Gasteiger partial charge in [-0.2, -0.15) is 0 Å². The number of hydrogen-bond acceptors (Lipinski definition) is 6. The maximum Gasteiger partial charge on any atom is 0.330 e. The number of benzene rings is 2. The molecule has 0 radical (unpaired) electrons. The second kappa shape index (κ2) is 10.5. The quantitative estimate of drug-likeness (QED) is 0.384. The largest absolute Gasteiger partial charge is 0.479 e. The molecule has 0 saturated carbocycles. The van der Waals surface area contributed by atoms with E-state index in [1.54, 1.807) is 23.7 Å². The molecule has 0 aliphatic carbocycles. The molecular weight excluding hydrogens is 538 g/mol. The number of carboxylic acids is 1. The van der Waals surface area contributed by atoms with Crippen LogP contribution in [0.1, 0.15) is 73.6 Å². The minimum absolute atomic E-state index is 0.00931. The van der Waals surface area contributed by atoms with Gasteiger partial charge < -0.3 is 10.0 Å². The lowest BCUT2D eigenvalue weighted by molar-refractivity contribution is -0.158. The Morgan fingerprint density at radius 3 is 2.22 bits per heavy atom. The molecule has 8 nitrogen and oxygen atoms in total. The van der Waals surface area contributed by atoms with Gasteiger partial charge in [0.15, 0.2) is 5.54 Å². The molecule has 3 heterocycles. The lowest BCUT2D eigenvalue weighted by Gasteiger charge is -2.41. The third-order valence-electron chi connectivity index (χ3n) is 8.20. The van der Waals surface area contributed by atoms with Gasteiger partial charge in [0, 0.05) is 17.1 Å². The molecule has 5 rings (SSSR count). The summed E-state index contributed by atoms with van der Waals surface area (Å²) in [5.41, 5.74) is 0.00996. The van der Waals surface area contributed by atoms with E-state index in [1.807, 2.05) is 56.3 Å². The second-order valence-corrected chi connectivity index (χ2v) is 13.3. The highest BCUT2D eigenvalue weighted by Gasteiger charge is 2.73. The first kappa shape index (κ1) is 28.7. The topological polar surface area (TPSA) is 108 Å². The standard InChI is InChI=1S/C32H35N3O5S/c1-19(2)17-32(30(39)40)24-23(28(37)34(29(24)38)18-20-9-7-6-8-10-20)25(26-33-15-16-41-26)35(32)27(36)21-11-13-22(14-12-21)31(3,4)5/h6-16,19,23-25H,17-18H2,1-5H3,(H,39,40)/t23-,24-,25+,32-/m0/s1. The number of nitrogens with zero attached hydrogens (tertiary/aromatic N) is 3. The second-order valence-electron chi connectivity index (χ2n) is 12.4. The van der Waals surface area contributed by atoms with E-state index in [2.05, 4.69) is 25.8 Å². The van der Waals surface area contributed by atoms with E-state index in [1.165, 1.54) is 21.1 Å². The van der Waals surface area contributed by atoms with Crippen molar-refractivity contribution in [3.63, 3.8) is 0 Å². The Balaban J connectivity index is 1.68. The van der Waals surface area contributed by atoms with E-state index in [-0.39, 0.29) is 24.3 Å². The van der Waals surface area contributed by atoms with Gasteiger partial charge in [-0.15, -0.1) is 11.3 Å². The van der Waals surface area contributed by atoms with E-state index in [0.29, 0.717) is 10.6 Å². The summed E-state index contributed by atoms with van der Waals surface area (Å²) in [6.45, 7) is 9.97. The van der Waals surface area contributed by atoms with Crippen molar-refractivity contribution in [2.75, 3.05) is 0 Å². The molecular formula is C32H35N3O5S. The number of aromatic nitrogens is 1. The number of imide groups is 1. The molecule has 4 atom stereocenters. The van der Waals surface area contributed by atoms with Crippen LogP contribution >= 0.6 is 11.3 Å². The fourth-order valence-electron chi connectivity index (χ4n) is 6.43. The van der Waals surface area contributed by atoms with Crippen molar-refractivity contribution in [1.29, 1.82) is 0 Å². The van der Waals surface area contributed by atoms with Gasteiger partial charge in [-0.05, 0) is 41.0 Å². The smallest absolute Gasteiger partial charge is 0.330 e. The summed E-state index contributed by atoms with van der Waals surface area (Å²) < 4.78 is 0. The van der Waals surface area contributed by atoms with Crippen LogP contribution in [0.3, 0.4) is 0 Å². The molecule has 2 aliphatic heterocycles. The zero-order valence-electron chi connectivity index (χ0n) is 23.9. The number of carbonyl (C=O) groups is 4. The molecule has 214 valence electrons. The predicted molar refractivity (Wildman–Crippen MR) is 155 cm³/mol. The Bertz CT molecular complexity index is 1460. The molecule has 2 saturated heterocycles. The summed E-state index contributed by atoms with van der Waals surface area (Å²) in [5, 5.41) is 13.2. The number of amides is 3. The highest BCUT2D eigenvalue weighted by Crippen LogP contribution is 2.58. The Labute approximate surface area is 244 Å². The van der Waals surface area contributed by atoms with Crippen LogP contribution in [0, 0.1) is 17.8 Å². The van der Waals surface area contributed by atoms with Crippen molar-refractivity contribution in [2.24, 2.45) is 17.8 Å². The summed E-state index contributed by atoms with van der Waals surface area (Å²) in [7, 11) is 0. The number of carbonyl (C=O) groups excluding carboxylic acids is 3. The number of carboxylic acid groups (broad SMARTS) is 1. The Hall–Kier alpha value is -3.85. The van der Waals surface area contributed by atoms with Gasteiger partial charge in [0.1, 0.15) is 5.01 Å². The summed E-state index contributed by atoms with van der Waals surface area (Å²) in [4.78, 5) is 63.1. The SMILES string of the molecule is CC(C)C[C@@]1(C(=O)O)[C@@H]2C(=O)N(Cc3ccccc3)C(=O)[C@@H]2[C@H](c2nccs2)N1C(=O)c1ccc(C(C)(C)C)cc1. The maximum absolute atomic E-state index is 14.4. The summed E-state index contributed by atoms with van der Waals surface area (Å²) >= 11 is 1.25. The first-order valence-corrected chi connectivity index (χ1v) is 14.7. The van der Waals surface area contributed by atoms with Crippen LogP contribution in [-0.4, -0.2) is 49.1 Å². The lowest BCUT2D eigenvalue weighted by Crippen LogP contribution is -2.60. The first-order chi connectivity index (χ1) is 19.4. The van der Waals surface area contributed by atoms with Gasteiger partial charge in [-0.1, -0.05) is 77.1 Å². The molecule has 2 fully saturated rings. The number of aliphatic carboxylic acids is 1. The van der Waals surface area contributed by atoms with Crippen LogP contribution in [0.25, 0.3) is 0 Å². The van der Waals surface area contributed by atoms with Crippen molar-refractivity contribution in [3.05, 3.63) is 87.9 Å². The number of hydrogen-bond donors (Lipinski definition) is 1. The van der Waals surface area contributed by atoms with Crippen LogP contribution in [0.5, 0.6) is 0 Å². The molecule has 0 spiro atoms. The number of fused-ring (bicyclic) bond motifs is 1. The summed E-state index contributed by atoms with van der Waals surface area (Å²) in [5.74, 6) is -5.36. The third-order valence-corrected chi connectivity index (χ3v) is 9.05. The van der Waals surface area contributed by atoms with Crippen molar-refractivity contribution in [1.82, 2.24) is 14.8 Å². The third kappa shape index (κ3) is 4.76. The van der Waals surface area contributed by atoms with Crippen LogP contribution in [-0.2, 0) is 26.3 Å². The van der Waals surface area contributed by atoms with E-state index in [4.69, 9.17) is 0 Å². The van der Waals surface area contributed by atoms with E-state index in [9.17, 15) is 24.3 Å². The molecule has 3 aromatic rings. The van der Waals surface area contributed by atoms with Crippen LogP contribution in [0.2, 0.25) is 0 Å². The highest BCUT2D eigenvalue weighted by molar-refractivity contribution is 7.09. The van der Waals surface area contributed by atoms with E-state index < -0.39 is 47.1 Å². The van der Waals surface area contributed by atoms with Crippen molar-refractivity contribution in [3.8, 4) is 0 Å². The fraction of sp³-hybridized carbons (Fsp3) is 0.406. The zero-order chi connectivity index (χ0) is 29.7. The molecule has 9 heteroatoms. The average Bonchev–Trinajstić information content (AvgIpc) is 3.61. The van der Waals surface area contributed by atoms with Gasteiger partial charge in [0.25, 0.3) is 5.91 Å². The molecule has 1 N–H and O–H groups in total. The monoisotopic (exact) mass is 573 g/mol. The Morgan fingerprint density at radius 2 is 1.68 bits per heavy atom. The summed E-state index contributed by atoms with van der Waals surface area (Å²) in [6, 6.07) is 15.3. The number of thiazole rings is 1. The van der Waals surface area contributed by atoms with Gasteiger partial charge in [-0.25, -0.2) is 9.78 Å². The molecule has 2 aromatic carbocycles. The highest BCUT2D eigenvalue weighted by atomic mass is 32.1. The zero-order valence-corrected chi connectivity index (χ0v) is 24.7. The number of rotatable bonds is 7. The minimum Gasteiger partial charge on any atom is -0.479 e. The van der Waals surface area contributed by atoms with Gasteiger partial charge in [0.2, 0.25) is 11.8 Å². The molecule has 41 heavy (non-hydrogen) atoms. The Kier molecular flexibility index (Phi) is 7.36. The van der Waals surface area contributed by atoms with Crippen molar-refractivity contribution in [2.45, 2.75) is 64.6 Å². The van der Waals surface area contributed by atoms with Gasteiger partial charge in [0.05, 0.1) is 24.4 Å². The molecule has 2 aliphatic rings. The average molecular weight is 574 g/mol. The lowest BCUT2D eigenvalue weighted by atomic mass is 9.75. The molecule has 3 amide bonds. The van der Waals surface area contributed by atoms with Crippen LogP contribution in [0.4, 0.5) is 0 Å². The normalized spacial score (nSPS) is 24.3. The van der Waals surface area contributed by atoms with Crippen LogP contribution < -0.4 is 0 Å². The van der Waals surface area contributed by atoms with Crippen LogP contribution in [0.15, 0.2) is 66.2 Å². The Morgan fingerprint density at radius 1 is 1.02 bits per heavy atom. The van der Waals surface area contributed by atoms with E-state index >= 15 is 0 Å². The van der Waals surface area contributed by atoms with E-state index in [0.717, 1.165) is 11.1 Å². The van der Waals surface area contributed by atoms with Gasteiger partial charge >= 0.3 is 5.97 Å².